The fourth-order valence-electron chi connectivity index (χ4n) is 1.09. The zero-order valence-corrected chi connectivity index (χ0v) is 14.8. The number of halogens is 6. The minimum absolute atomic E-state index is 0.490. The Balaban J connectivity index is 0.000000191. The standard InChI is InChI=1S/C7H5BrCl2.C6H3Cl3/c8-4-5-1-2-6(9)7(10)3-5;7-4-1-2-5(8)6(9)3-4/h1-3H,4H2;1-3H. The zero-order chi connectivity index (χ0) is 14.4. The van der Waals surface area contributed by atoms with Crippen LogP contribution in [0.5, 0.6) is 0 Å². The Hall–Kier alpha value is 0.370. The van der Waals surface area contributed by atoms with Gasteiger partial charge in [-0.1, -0.05) is 80.0 Å². The lowest BCUT2D eigenvalue weighted by Gasteiger charge is -1.97. The van der Waals surface area contributed by atoms with Gasteiger partial charge in [0.2, 0.25) is 0 Å². The lowest BCUT2D eigenvalue weighted by atomic mass is 10.2. The van der Waals surface area contributed by atoms with Crippen LogP contribution in [0.25, 0.3) is 0 Å². The molecule has 6 heteroatoms. The normalized spacial score (nSPS) is 9.79. The van der Waals surface area contributed by atoms with Gasteiger partial charge in [-0.2, -0.15) is 0 Å². The molecule has 2 rings (SSSR count). The van der Waals surface area contributed by atoms with Gasteiger partial charge in [0.15, 0.2) is 0 Å². The molecule has 0 nitrogen and oxygen atoms in total. The Morgan fingerprint density at radius 1 is 0.684 bits per heavy atom. The topological polar surface area (TPSA) is 0 Å². The van der Waals surface area contributed by atoms with Gasteiger partial charge in [-0.15, -0.1) is 0 Å². The van der Waals surface area contributed by atoms with Crippen LogP contribution < -0.4 is 0 Å². The molecule has 0 saturated heterocycles. The predicted octanol–water partition coefficient (Wildman–Crippen LogP) is 7.54. The van der Waals surface area contributed by atoms with Crippen molar-refractivity contribution in [3.05, 3.63) is 67.1 Å². The first-order valence-corrected chi connectivity index (χ1v) is 8.05. The van der Waals surface area contributed by atoms with E-state index in [0.717, 1.165) is 10.9 Å². The van der Waals surface area contributed by atoms with Crippen molar-refractivity contribution in [1.29, 1.82) is 0 Å². The molecule has 0 N–H and O–H groups in total. The molecule has 0 atom stereocenters. The fourth-order valence-corrected chi connectivity index (χ4v) is 2.29. The van der Waals surface area contributed by atoms with Crippen LogP contribution in [-0.4, -0.2) is 0 Å². The Bertz CT molecular complexity index is 557. The average molecular weight is 421 g/mol. The summed E-state index contributed by atoms with van der Waals surface area (Å²) >= 11 is 31.5. The summed E-state index contributed by atoms with van der Waals surface area (Å²) in [7, 11) is 0. The molecule has 0 radical (unpaired) electrons. The van der Waals surface area contributed by atoms with E-state index in [2.05, 4.69) is 15.9 Å². The molecular weight excluding hydrogens is 413 g/mol. The van der Waals surface area contributed by atoms with E-state index >= 15 is 0 Å². The third-order valence-corrected chi connectivity index (χ3v) is 4.38. The van der Waals surface area contributed by atoms with Gasteiger partial charge >= 0.3 is 0 Å². The summed E-state index contributed by atoms with van der Waals surface area (Å²) < 4.78 is 0. The maximum atomic E-state index is 5.74. The minimum Gasteiger partial charge on any atom is -0.0876 e. The summed E-state index contributed by atoms with van der Waals surface area (Å²) in [6, 6.07) is 10.5. The maximum Gasteiger partial charge on any atom is 0.0607 e. The monoisotopic (exact) mass is 418 g/mol. The van der Waals surface area contributed by atoms with Gasteiger partial charge < -0.3 is 0 Å². The SMILES string of the molecule is Clc1ccc(CBr)cc1Cl.Clc1ccc(Cl)c(Cl)c1. The van der Waals surface area contributed by atoms with Gasteiger partial charge in [-0.3, -0.25) is 0 Å². The fraction of sp³-hybridized carbons (Fsp3) is 0.0769. The maximum absolute atomic E-state index is 5.74. The number of benzene rings is 2. The average Bonchev–Trinajstić information content (AvgIpc) is 2.38. The van der Waals surface area contributed by atoms with Crippen LogP contribution in [0.15, 0.2) is 36.4 Å². The van der Waals surface area contributed by atoms with Crippen LogP contribution in [-0.2, 0) is 5.33 Å². The minimum atomic E-state index is 0.490. The summed E-state index contributed by atoms with van der Waals surface area (Å²) in [6.07, 6.45) is 0. The molecule has 0 spiro atoms. The highest BCUT2D eigenvalue weighted by Gasteiger charge is 1.96. The van der Waals surface area contributed by atoms with Crippen LogP contribution in [0.3, 0.4) is 0 Å². The summed E-state index contributed by atoms with van der Waals surface area (Å²) in [4.78, 5) is 0. The molecular formula is C13H8BrCl5. The molecule has 0 unspecified atom stereocenters. The predicted molar refractivity (Wildman–Crippen MR) is 90.6 cm³/mol. The van der Waals surface area contributed by atoms with Gasteiger partial charge in [0, 0.05) is 10.4 Å². The van der Waals surface area contributed by atoms with E-state index in [9.17, 15) is 0 Å². The van der Waals surface area contributed by atoms with Crippen molar-refractivity contribution < 1.29 is 0 Å². The van der Waals surface area contributed by atoms with Crippen LogP contribution in [0.2, 0.25) is 25.1 Å². The Labute approximate surface area is 145 Å². The molecule has 0 fully saturated rings. The van der Waals surface area contributed by atoms with Crippen LogP contribution in [0, 0.1) is 0 Å². The summed E-state index contributed by atoms with van der Waals surface area (Å²) in [6.45, 7) is 0. The van der Waals surface area contributed by atoms with E-state index in [0.29, 0.717) is 25.1 Å². The Morgan fingerprint density at radius 2 is 1.21 bits per heavy atom. The molecule has 0 saturated carbocycles. The van der Waals surface area contributed by atoms with Crippen molar-refractivity contribution in [2.75, 3.05) is 0 Å². The quantitative estimate of drug-likeness (QED) is 0.330. The third kappa shape index (κ3) is 6.12. The molecule has 0 aliphatic carbocycles. The van der Waals surface area contributed by atoms with Gasteiger partial charge in [-0.25, -0.2) is 0 Å². The second-order valence-electron chi connectivity index (χ2n) is 3.44. The molecule has 19 heavy (non-hydrogen) atoms. The molecule has 0 aliphatic heterocycles. The van der Waals surface area contributed by atoms with E-state index in [1.54, 1.807) is 24.3 Å². The van der Waals surface area contributed by atoms with Crippen molar-refractivity contribution in [3.63, 3.8) is 0 Å². The molecule has 0 bridgehead atoms. The lowest BCUT2D eigenvalue weighted by molar-refractivity contribution is 1.44. The van der Waals surface area contributed by atoms with Gasteiger partial charge in [0.25, 0.3) is 0 Å². The number of hydrogen-bond donors (Lipinski definition) is 0. The summed E-state index contributed by atoms with van der Waals surface area (Å²) in [5.41, 5.74) is 1.13. The summed E-state index contributed by atoms with van der Waals surface area (Å²) in [5.74, 6) is 0. The van der Waals surface area contributed by atoms with E-state index in [4.69, 9.17) is 58.0 Å². The van der Waals surface area contributed by atoms with E-state index < -0.39 is 0 Å². The molecule has 0 amide bonds. The Kier molecular flexibility index (Phi) is 7.90. The number of rotatable bonds is 1. The van der Waals surface area contributed by atoms with Crippen molar-refractivity contribution in [2.24, 2.45) is 0 Å². The molecule has 0 aliphatic rings. The number of alkyl halides is 1. The van der Waals surface area contributed by atoms with Crippen LogP contribution in [0.1, 0.15) is 5.56 Å². The highest BCUT2D eigenvalue weighted by Crippen LogP contribution is 2.24. The van der Waals surface area contributed by atoms with Crippen molar-refractivity contribution in [3.8, 4) is 0 Å². The third-order valence-electron chi connectivity index (χ3n) is 2.02. The first-order chi connectivity index (χ1) is 8.93. The largest absolute Gasteiger partial charge is 0.0876 e. The smallest absolute Gasteiger partial charge is 0.0607 e. The van der Waals surface area contributed by atoms with E-state index in [-0.39, 0.29) is 0 Å². The molecule has 0 aromatic heterocycles. The first kappa shape index (κ1) is 17.4. The number of hydrogen-bond acceptors (Lipinski definition) is 0. The first-order valence-electron chi connectivity index (χ1n) is 5.04. The highest BCUT2D eigenvalue weighted by atomic mass is 79.9. The molecule has 2 aromatic rings. The van der Waals surface area contributed by atoms with Gasteiger partial charge in [0.05, 0.1) is 20.1 Å². The molecule has 2 aromatic carbocycles. The van der Waals surface area contributed by atoms with Crippen LogP contribution in [0.4, 0.5) is 0 Å². The second-order valence-corrected chi connectivity index (χ2v) is 6.07. The van der Waals surface area contributed by atoms with Crippen LogP contribution >= 0.6 is 73.9 Å². The summed E-state index contributed by atoms with van der Waals surface area (Å²) in [5, 5.41) is 3.64. The van der Waals surface area contributed by atoms with Crippen molar-refractivity contribution in [2.45, 2.75) is 5.33 Å². The van der Waals surface area contributed by atoms with Crippen molar-refractivity contribution in [1.82, 2.24) is 0 Å². The zero-order valence-electron chi connectivity index (χ0n) is 9.44. The van der Waals surface area contributed by atoms with Gasteiger partial charge in [0.1, 0.15) is 0 Å². The molecule has 0 heterocycles. The van der Waals surface area contributed by atoms with E-state index in [1.807, 2.05) is 12.1 Å². The molecule has 102 valence electrons. The highest BCUT2D eigenvalue weighted by molar-refractivity contribution is 9.08. The van der Waals surface area contributed by atoms with E-state index in [1.165, 1.54) is 0 Å². The van der Waals surface area contributed by atoms with Gasteiger partial charge in [-0.05, 0) is 35.9 Å². The lowest BCUT2D eigenvalue weighted by Crippen LogP contribution is -1.76. The van der Waals surface area contributed by atoms with Crippen molar-refractivity contribution >= 4 is 73.9 Å². The second kappa shape index (κ2) is 8.61. The Morgan fingerprint density at radius 3 is 1.63 bits per heavy atom.